The highest BCUT2D eigenvalue weighted by atomic mass is 16.5. The van der Waals surface area contributed by atoms with Crippen LogP contribution in [0.1, 0.15) is 24.9 Å². The Morgan fingerprint density at radius 2 is 1.94 bits per heavy atom. The Hall–Kier alpha value is -3.88. The van der Waals surface area contributed by atoms with Gasteiger partial charge in [-0.3, -0.25) is 4.98 Å². The molecule has 0 spiro atoms. The summed E-state index contributed by atoms with van der Waals surface area (Å²) >= 11 is 0. The van der Waals surface area contributed by atoms with Crippen molar-refractivity contribution in [1.82, 2.24) is 19.7 Å². The molecule has 0 amide bonds. The van der Waals surface area contributed by atoms with Gasteiger partial charge in [0, 0.05) is 30.1 Å². The lowest BCUT2D eigenvalue weighted by Crippen LogP contribution is -2.29. The predicted octanol–water partition coefficient (Wildman–Crippen LogP) is 2.96. The molecule has 0 bridgehead atoms. The van der Waals surface area contributed by atoms with Crippen molar-refractivity contribution < 1.29 is 19.0 Å². The third kappa shape index (κ3) is 3.37. The molecule has 0 saturated heterocycles. The molecule has 9 heteroatoms. The van der Waals surface area contributed by atoms with Crippen LogP contribution in [0.2, 0.25) is 0 Å². The fraction of sp³-hybridized carbons (Fsp3) is 0.273. The number of methoxy groups -OCH3 is 1. The number of anilines is 1. The van der Waals surface area contributed by atoms with Crippen molar-refractivity contribution in [1.29, 1.82) is 0 Å². The molecule has 2 aromatic heterocycles. The summed E-state index contributed by atoms with van der Waals surface area (Å²) in [4.78, 5) is 21.4. The summed E-state index contributed by atoms with van der Waals surface area (Å²) < 4.78 is 18.4. The molecule has 1 aromatic carbocycles. The van der Waals surface area contributed by atoms with Crippen LogP contribution in [0.3, 0.4) is 0 Å². The molecule has 0 saturated carbocycles. The topological polar surface area (TPSA) is 100 Å². The van der Waals surface area contributed by atoms with E-state index >= 15 is 0 Å². The first kappa shape index (κ1) is 19.1. The SMILES string of the molecule is COC(=O)C1=C(C)Nc2nc(-c3ccncc3)nn2C1c1ccc2c(c1)OCCCO2. The summed E-state index contributed by atoms with van der Waals surface area (Å²) in [6, 6.07) is 8.81. The Kier molecular flexibility index (Phi) is 4.78. The van der Waals surface area contributed by atoms with Crippen LogP contribution in [0.5, 0.6) is 11.5 Å². The Labute approximate surface area is 178 Å². The van der Waals surface area contributed by atoms with Gasteiger partial charge in [0.2, 0.25) is 5.95 Å². The van der Waals surface area contributed by atoms with Crippen LogP contribution < -0.4 is 14.8 Å². The van der Waals surface area contributed by atoms with Gasteiger partial charge in [0.05, 0.1) is 25.9 Å². The third-order valence-corrected chi connectivity index (χ3v) is 5.28. The van der Waals surface area contributed by atoms with Crippen LogP contribution in [0.25, 0.3) is 11.4 Å². The maximum Gasteiger partial charge on any atom is 0.338 e. The van der Waals surface area contributed by atoms with Crippen molar-refractivity contribution in [3.63, 3.8) is 0 Å². The van der Waals surface area contributed by atoms with Crippen LogP contribution in [-0.2, 0) is 9.53 Å². The van der Waals surface area contributed by atoms with Gasteiger partial charge in [0.25, 0.3) is 0 Å². The molecule has 2 aliphatic rings. The van der Waals surface area contributed by atoms with Gasteiger partial charge >= 0.3 is 5.97 Å². The fourth-order valence-electron chi connectivity index (χ4n) is 3.81. The van der Waals surface area contributed by atoms with Crippen molar-refractivity contribution in [2.75, 3.05) is 25.6 Å². The summed E-state index contributed by atoms with van der Waals surface area (Å²) in [7, 11) is 1.37. The average Bonchev–Trinajstić information content (AvgIpc) is 3.07. The number of ether oxygens (including phenoxy) is 3. The molecule has 2 aliphatic heterocycles. The monoisotopic (exact) mass is 419 g/mol. The van der Waals surface area contributed by atoms with E-state index < -0.39 is 12.0 Å². The lowest BCUT2D eigenvalue weighted by atomic mass is 9.95. The van der Waals surface area contributed by atoms with Gasteiger partial charge in [-0.05, 0) is 36.8 Å². The van der Waals surface area contributed by atoms with Gasteiger partial charge in [0.1, 0.15) is 6.04 Å². The number of carbonyl (C=O) groups is 1. The predicted molar refractivity (Wildman–Crippen MR) is 112 cm³/mol. The molecule has 9 nitrogen and oxygen atoms in total. The number of nitrogens with one attached hydrogen (secondary N) is 1. The number of pyridine rings is 1. The van der Waals surface area contributed by atoms with E-state index in [0.29, 0.717) is 47.8 Å². The van der Waals surface area contributed by atoms with E-state index in [1.165, 1.54) is 7.11 Å². The van der Waals surface area contributed by atoms with E-state index in [1.807, 2.05) is 37.3 Å². The molecule has 31 heavy (non-hydrogen) atoms. The summed E-state index contributed by atoms with van der Waals surface area (Å²) in [5, 5.41) is 7.90. The summed E-state index contributed by atoms with van der Waals surface area (Å²) in [5.41, 5.74) is 2.76. The minimum absolute atomic E-state index is 0.436. The Bertz CT molecular complexity index is 1170. The zero-order valence-corrected chi connectivity index (χ0v) is 17.2. The second kappa shape index (κ2) is 7.75. The number of carbonyl (C=O) groups excluding carboxylic acids is 1. The first-order chi connectivity index (χ1) is 15.2. The molecule has 1 unspecified atom stereocenters. The van der Waals surface area contributed by atoms with Crippen molar-refractivity contribution in [2.24, 2.45) is 0 Å². The van der Waals surface area contributed by atoms with Gasteiger partial charge in [-0.25, -0.2) is 9.48 Å². The molecule has 158 valence electrons. The van der Waals surface area contributed by atoms with Crippen molar-refractivity contribution >= 4 is 11.9 Å². The number of hydrogen-bond acceptors (Lipinski definition) is 8. The average molecular weight is 419 g/mol. The van der Waals surface area contributed by atoms with Gasteiger partial charge in [-0.1, -0.05) is 6.07 Å². The van der Waals surface area contributed by atoms with E-state index in [9.17, 15) is 4.79 Å². The minimum Gasteiger partial charge on any atom is -0.490 e. The fourth-order valence-corrected chi connectivity index (χ4v) is 3.81. The molecule has 5 rings (SSSR count). The number of hydrogen-bond donors (Lipinski definition) is 1. The highest BCUT2D eigenvalue weighted by Crippen LogP contribution is 2.40. The van der Waals surface area contributed by atoms with Gasteiger partial charge in [-0.15, -0.1) is 5.10 Å². The molecule has 1 N–H and O–H groups in total. The first-order valence-corrected chi connectivity index (χ1v) is 9.98. The van der Waals surface area contributed by atoms with Crippen LogP contribution in [0, 0.1) is 0 Å². The van der Waals surface area contributed by atoms with E-state index in [1.54, 1.807) is 17.1 Å². The number of nitrogens with zero attached hydrogens (tertiary/aromatic N) is 4. The zero-order valence-electron chi connectivity index (χ0n) is 17.2. The molecule has 1 atom stereocenters. The molecule has 4 heterocycles. The lowest BCUT2D eigenvalue weighted by Gasteiger charge is -2.28. The minimum atomic E-state index is -0.538. The Morgan fingerprint density at radius 3 is 2.71 bits per heavy atom. The quantitative estimate of drug-likeness (QED) is 0.647. The Balaban J connectivity index is 1.65. The third-order valence-electron chi connectivity index (χ3n) is 5.28. The highest BCUT2D eigenvalue weighted by molar-refractivity contribution is 5.92. The van der Waals surface area contributed by atoms with E-state index in [0.717, 1.165) is 17.5 Å². The molecule has 0 radical (unpaired) electrons. The number of benzene rings is 1. The number of esters is 1. The van der Waals surface area contributed by atoms with Crippen molar-refractivity contribution in [2.45, 2.75) is 19.4 Å². The van der Waals surface area contributed by atoms with Crippen LogP contribution in [0.15, 0.2) is 54.0 Å². The number of aromatic nitrogens is 4. The number of rotatable bonds is 3. The van der Waals surface area contributed by atoms with E-state index in [2.05, 4.69) is 15.3 Å². The van der Waals surface area contributed by atoms with Gasteiger partial charge in [-0.2, -0.15) is 4.98 Å². The first-order valence-electron chi connectivity index (χ1n) is 9.98. The van der Waals surface area contributed by atoms with Crippen LogP contribution in [0.4, 0.5) is 5.95 Å². The van der Waals surface area contributed by atoms with E-state index in [-0.39, 0.29) is 0 Å². The molecule has 3 aromatic rings. The van der Waals surface area contributed by atoms with Crippen molar-refractivity contribution in [3.8, 4) is 22.9 Å². The summed E-state index contributed by atoms with van der Waals surface area (Å²) in [6.07, 6.45) is 4.19. The lowest BCUT2D eigenvalue weighted by molar-refractivity contribution is -0.136. The molecular formula is C22H21N5O4. The van der Waals surface area contributed by atoms with Crippen LogP contribution in [-0.4, -0.2) is 46.0 Å². The van der Waals surface area contributed by atoms with Crippen LogP contribution >= 0.6 is 0 Å². The van der Waals surface area contributed by atoms with E-state index in [4.69, 9.17) is 19.3 Å². The second-order valence-electron chi connectivity index (χ2n) is 7.25. The normalized spacial score (nSPS) is 17.4. The smallest absolute Gasteiger partial charge is 0.338 e. The highest BCUT2D eigenvalue weighted by Gasteiger charge is 2.35. The number of allylic oxidation sites excluding steroid dienone is 1. The zero-order chi connectivity index (χ0) is 21.4. The molecule has 0 fully saturated rings. The second-order valence-corrected chi connectivity index (χ2v) is 7.25. The molecule has 0 aliphatic carbocycles. The summed E-state index contributed by atoms with van der Waals surface area (Å²) in [6.45, 7) is 3.00. The summed E-state index contributed by atoms with van der Waals surface area (Å²) in [5.74, 6) is 1.96. The number of fused-ring (bicyclic) bond motifs is 2. The largest absolute Gasteiger partial charge is 0.490 e. The Morgan fingerprint density at radius 1 is 1.16 bits per heavy atom. The molecular weight excluding hydrogens is 398 g/mol. The van der Waals surface area contributed by atoms with Gasteiger partial charge in [0.15, 0.2) is 17.3 Å². The standard InChI is InChI=1S/C22H21N5O4/c1-13-18(21(28)29-2)19(15-4-5-16-17(12-15)31-11-3-10-30-16)27-22(24-13)25-20(26-27)14-6-8-23-9-7-14/h4-9,12,19H,3,10-11H2,1-2H3,(H,24,25,26). The van der Waals surface area contributed by atoms with Crippen molar-refractivity contribution in [3.05, 3.63) is 59.6 Å². The van der Waals surface area contributed by atoms with Gasteiger partial charge < -0.3 is 19.5 Å². The maximum absolute atomic E-state index is 12.7. The maximum atomic E-state index is 12.7.